The van der Waals surface area contributed by atoms with E-state index in [4.69, 9.17) is 4.98 Å². The topological polar surface area (TPSA) is 24.9 Å². The summed E-state index contributed by atoms with van der Waals surface area (Å²) in [4.78, 5) is 6.10. The fourth-order valence-corrected chi connectivity index (χ4v) is 3.21. The number of aryl methyl sites for hydroxylation is 2. The molecule has 2 nitrogen and oxygen atoms in total. The Morgan fingerprint density at radius 1 is 1.28 bits per heavy atom. The Bertz CT molecular complexity index is 490. The Morgan fingerprint density at radius 3 is 2.56 bits per heavy atom. The van der Waals surface area contributed by atoms with Crippen molar-refractivity contribution in [3.63, 3.8) is 0 Å². The third-order valence-corrected chi connectivity index (χ3v) is 4.30. The largest absolute Gasteiger partial charge is 0.311 e. The summed E-state index contributed by atoms with van der Waals surface area (Å²) in [6.45, 7) is 4.33. The van der Waals surface area contributed by atoms with Gasteiger partial charge in [0, 0.05) is 4.88 Å². The summed E-state index contributed by atoms with van der Waals surface area (Å²) in [5.74, 6) is 0. The SMILES string of the molecule is CCc1nc(C(Cc2ccccc2)NC)sc1C. The quantitative estimate of drug-likeness (QED) is 0.889. The van der Waals surface area contributed by atoms with Crippen molar-refractivity contribution in [1.82, 2.24) is 10.3 Å². The summed E-state index contributed by atoms with van der Waals surface area (Å²) >= 11 is 1.82. The first-order chi connectivity index (χ1) is 8.74. The molecule has 0 aliphatic rings. The molecule has 1 unspecified atom stereocenters. The van der Waals surface area contributed by atoms with E-state index in [-0.39, 0.29) is 0 Å². The van der Waals surface area contributed by atoms with Gasteiger partial charge >= 0.3 is 0 Å². The van der Waals surface area contributed by atoms with Gasteiger partial charge in [-0.1, -0.05) is 37.3 Å². The van der Waals surface area contributed by atoms with Crippen LogP contribution in [0.1, 0.15) is 34.1 Å². The minimum atomic E-state index is 0.316. The maximum atomic E-state index is 4.75. The van der Waals surface area contributed by atoms with Crippen LogP contribution >= 0.6 is 11.3 Å². The Morgan fingerprint density at radius 2 is 2.00 bits per heavy atom. The number of benzene rings is 1. The minimum Gasteiger partial charge on any atom is -0.311 e. The molecule has 0 fully saturated rings. The van der Waals surface area contributed by atoms with Crippen LogP contribution < -0.4 is 5.32 Å². The fraction of sp³-hybridized carbons (Fsp3) is 0.400. The molecule has 1 aromatic heterocycles. The zero-order valence-corrected chi connectivity index (χ0v) is 12.1. The monoisotopic (exact) mass is 260 g/mol. The molecule has 0 radical (unpaired) electrons. The number of hydrogen-bond acceptors (Lipinski definition) is 3. The van der Waals surface area contributed by atoms with Crippen molar-refractivity contribution in [3.05, 3.63) is 51.5 Å². The molecule has 0 aliphatic heterocycles. The summed E-state index contributed by atoms with van der Waals surface area (Å²) in [5, 5.41) is 4.58. The van der Waals surface area contributed by atoms with Gasteiger partial charge in [0.1, 0.15) is 5.01 Å². The van der Waals surface area contributed by atoms with E-state index in [2.05, 4.69) is 49.5 Å². The molecule has 2 rings (SSSR count). The number of nitrogens with zero attached hydrogens (tertiary/aromatic N) is 1. The zero-order chi connectivity index (χ0) is 13.0. The van der Waals surface area contributed by atoms with E-state index < -0.39 is 0 Å². The van der Waals surface area contributed by atoms with Crippen molar-refractivity contribution in [1.29, 1.82) is 0 Å². The van der Waals surface area contributed by atoms with E-state index >= 15 is 0 Å². The van der Waals surface area contributed by atoms with Crippen LogP contribution in [0.25, 0.3) is 0 Å². The fourth-order valence-electron chi connectivity index (χ4n) is 2.09. The average Bonchev–Trinajstić information content (AvgIpc) is 2.78. The Labute approximate surface area is 113 Å². The molecule has 0 saturated carbocycles. The van der Waals surface area contributed by atoms with E-state index in [0.717, 1.165) is 12.8 Å². The Hall–Kier alpha value is -1.19. The molecule has 0 aliphatic carbocycles. The molecule has 96 valence electrons. The lowest BCUT2D eigenvalue weighted by atomic mass is 10.1. The number of thiazole rings is 1. The molecule has 0 bridgehead atoms. The van der Waals surface area contributed by atoms with Gasteiger partial charge in [0.15, 0.2) is 0 Å². The molecular weight excluding hydrogens is 240 g/mol. The molecule has 0 amide bonds. The maximum absolute atomic E-state index is 4.75. The van der Waals surface area contributed by atoms with Crippen LogP contribution in [0.5, 0.6) is 0 Å². The molecule has 1 N–H and O–H groups in total. The molecule has 3 heteroatoms. The first-order valence-corrected chi connectivity index (χ1v) is 7.23. The van der Waals surface area contributed by atoms with Gasteiger partial charge in [-0.2, -0.15) is 0 Å². The third kappa shape index (κ3) is 2.98. The van der Waals surface area contributed by atoms with Gasteiger partial charge in [0.2, 0.25) is 0 Å². The second-order valence-corrected chi connectivity index (χ2v) is 5.67. The van der Waals surface area contributed by atoms with Gasteiger partial charge < -0.3 is 5.32 Å². The van der Waals surface area contributed by atoms with Crippen molar-refractivity contribution in [2.24, 2.45) is 0 Å². The van der Waals surface area contributed by atoms with E-state index in [1.54, 1.807) is 0 Å². The summed E-state index contributed by atoms with van der Waals surface area (Å²) in [6, 6.07) is 10.9. The predicted octanol–water partition coefficient (Wildman–Crippen LogP) is 3.52. The molecule has 0 saturated heterocycles. The second-order valence-electron chi connectivity index (χ2n) is 4.44. The first-order valence-electron chi connectivity index (χ1n) is 6.42. The van der Waals surface area contributed by atoms with Crippen LogP contribution in [0.4, 0.5) is 0 Å². The first kappa shape index (κ1) is 13.2. The number of likely N-dealkylation sites (N-methyl/N-ethyl adjacent to an activating group) is 1. The molecule has 1 atom stereocenters. The van der Waals surface area contributed by atoms with Gasteiger partial charge in [-0.3, -0.25) is 0 Å². The Balaban J connectivity index is 2.17. The highest BCUT2D eigenvalue weighted by atomic mass is 32.1. The summed E-state index contributed by atoms with van der Waals surface area (Å²) in [5.41, 5.74) is 2.59. The second kappa shape index (κ2) is 6.12. The molecule has 0 spiro atoms. The minimum absolute atomic E-state index is 0.316. The van der Waals surface area contributed by atoms with Crippen molar-refractivity contribution in [3.8, 4) is 0 Å². The van der Waals surface area contributed by atoms with Gasteiger partial charge in [-0.15, -0.1) is 11.3 Å². The maximum Gasteiger partial charge on any atom is 0.110 e. The van der Waals surface area contributed by atoms with Crippen LogP contribution in [0.3, 0.4) is 0 Å². The number of nitrogens with one attached hydrogen (secondary N) is 1. The lowest BCUT2D eigenvalue weighted by Gasteiger charge is -2.13. The van der Waals surface area contributed by atoms with Crippen LogP contribution in [-0.2, 0) is 12.8 Å². The standard InChI is InChI=1S/C15H20N2S/c1-4-13-11(2)18-15(17-13)14(16-3)10-12-8-6-5-7-9-12/h5-9,14,16H,4,10H2,1-3H3. The molecule has 18 heavy (non-hydrogen) atoms. The summed E-state index contributed by atoms with van der Waals surface area (Å²) in [6.07, 6.45) is 2.01. The lowest BCUT2D eigenvalue weighted by molar-refractivity contribution is 0.587. The normalized spacial score (nSPS) is 12.6. The van der Waals surface area contributed by atoms with E-state index in [9.17, 15) is 0 Å². The highest BCUT2D eigenvalue weighted by molar-refractivity contribution is 7.11. The summed E-state index contributed by atoms with van der Waals surface area (Å²) in [7, 11) is 2.01. The van der Waals surface area contributed by atoms with E-state index in [1.165, 1.54) is 21.1 Å². The molecular formula is C15H20N2S. The van der Waals surface area contributed by atoms with E-state index in [1.807, 2.05) is 18.4 Å². The van der Waals surface area contributed by atoms with Gasteiger partial charge in [0.25, 0.3) is 0 Å². The number of aromatic nitrogens is 1. The highest BCUT2D eigenvalue weighted by Gasteiger charge is 2.15. The third-order valence-electron chi connectivity index (χ3n) is 3.17. The van der Waals surface area contributed by atoms with Gasteiger partial charge in [-0.05, 0) is 32.4 Å². The summed E-state index contributed by atoms with van der Waals surface area (Å²) < 4.78 is 0. The van der Waals surface area contributed by atoms with Crippen LogP contribution in [0, 0.1) is 6.92 Å². The molecule has 2 aromatic rings. The van der Waals surface area contributed by atoms with Crippen molar-refractivity contribution in [2.75, 3.05) is 7.05 Å². The van der Waals surface area contributed by atoms with Crippen molar-refractivity contribution in [2.45, 2.75) is 32.7 Å². The number of rotatable bonds is 5. The molecule has 1 aromatic carbocycles. The van der Waals surface area contributed by atoms with Crippen molar-refractivity contribution < 1.29 is 0 Å². The average molecular weight is 260 g/mol. The van der Waals surface area contributed by atoms with Crippen LogP contribution in [0.2, 0.25) is 0 Å². The highest BCUT2D eigenvalue weighted by Crippen LogP contribution is 2.25. The number of hydrogen-bond donors (Lipinski definition) is 1. The molecule has 1 heterocycles. The van der Waals surface area contributed by atoms with Gasteiger partial charge in [0.05, 0.1) is 11.7 Å². The van der Waals surface area contributed by atoms with Crippen molar-refractivity contribution >= 4 is 11.3 Å². The Kier molecular flexibility index (Phi) is 4.50. The lowest BCUT2D eigenvalue weighted by Crippen LogP contribution is -2.18. The smallest absolute Gasteiger partial charge is 0.110 e. The van der Waals surface area contributed by atoms with Gasteiger partial charge in [-0.25, -0.2) is 4.98 Å². The zero-order valence-electron chi connectivity index (χ0n) is 11.2. The predicted molar refractivity (Wildman–Crippen MR) is 78.2 cm³/mol. The van der Waals surface area contributed by atoms with E-state index in [0.29, 0.717) is 6.04 Å². The van der Waals surface area contributed by atoms with Crippen LogP contribution in [0.15, 0.2) is 30.3 Å². The van der Waals surface area contributed by atoms with Crippen LogP contribution in [-0.4, -0.2) is 12.0 Å².